The third-order valence-corrected chi connectivity index (χ3v) is 4.22. The van der Waals surface area contributed by atoms with Crippen molar-refractivity contribution in [1.82, 2.24) is 9.80 Å². The molecule has 0 amide bonds. The molecule has 6 nitrogen and oxygen atoms in total. The molecule has 1 N–H and O–H groups in total. The molecule has 0 unspecified atom stereocenters. The van der Waals surface area contributed by atoms with Crippen LogP contribution in [0.2, 0.25) is 0 Å². The number of likely N-dealkylation sites (N-methyl/N-ethyl adjacent to an activating group) is 1. The molecule has 0 rings (SSSR count). The van der Waals surface area contributed by atoms with Crippen molar-refractivity contribution in [1.29, 1.82) is 0 Å². The van der Waals surface area contributed by atoms with Gasteiger partial charge in [-0.25, -0.2) is 0 Å². The van der Waals surface area contributed by atoms with Gasteiger partial charge < -0.3 is 10.0 Å². The highest BCUT2D eigenvalue weighted by molar-refractivity contribution is 8.76. The molecule has 0 aliphatic carbocycles. The minimum Gasteiger partial charge on any atom is -0.480 e. The summed E-state index contributed by atoms with van der Waals surface area (Å²) in [6, 6.07) is -0.387. The molecule has 0 aromatic rings. The zero-order chi connectivity index (χ0) is 14.6. The first-order chi connectivity index (χ1) is 8.36. The molecule has 0 aromatic heterocycles. The molecule has 0 spiro atoms. The molecule has 0 fully saturated rings. The Morgan fingerprint density at radius 2 is 1.72 bits per heavy atom. The second-order valence-corrected chi connectivity index (χ2v) is 6.44. The first-order valence-corrected chi connectivity index (χ1v) is 7.63. The Morgan fingerprint density at radius 3 is 2.06 bits per heavy atom. The van der Waals surface area contributed by atoms with E-state index in [4.69, 9.17) is 14.7 Å². The van der Waals surface area contributed by atoms with E-state index in [2.05, 4.69) is 4.90 Å². The molecule has 18 heavy (non-hydrogen) atoms. The standard InChI is InChI=1S/C9H20N2O2S2.CO2/c1-10(2)5-6-14-15-7-8(9(12)13)11(3)4;2-1-3/h8H,5-7H2,1-4H3,(H,12,13);/t8-;/m0./s1. The van der Waals surface area contributed by atoms with E-state index in [-0.39, 0.29) is 12.2 Å². The van der Waals surface area contributed by atoms with Crippen molar-refractivity contribution >= 4 is 33.7 Å². The third kappa shape index (κ3) is 13.5. The number of hydrogen-bond donors (Lipinski definition) is 1. The molecule has 0 aliphatic heterocycles. The van der Waals surface area contributed by atoms with E-state index in [0.717, 1.165) is 12.3 Å². The Hall–Kier alpha value is -0.530. The number of aliphatic carboxylic acids is 1. The second-order valence-electron chi connectivity index (χ2n) is 3.81. The zero-order valence-electron chi connectivity index (χ0n) is 11.1. The lowest BCUT2D eigenvalue weighted by Crippen LogP contribution is -2.37. The van der Waals surface area contributed by atoms with Crippen LogP contribution in [-0.4, -0.2) is 79.3 Å². The Labute approximate surface area is 115 Å². The fraction of sp³-hybridized carbons (Fsp3) is 0.800. The molecule has 0 radical (unpaired) electrons. The Balaban J connectivity index is 0. The molecule has 0 bridgehead atoms. The number of carboxylic acid groups (broad SMARTS) is 1. The first-order valence-electron chi connectivity index (χ1n) is 5.14. The summed E-state index contributed by atoms with van der Waals surface area (Å²) in [5.74, 6) is 0.901. The van der Waals surface area contributed by atoms with Crippen molar-refractivity contribution in [3.63, 3.8) is 0 Å². The van der Waals surface area contributed by atoms with E-state index in [1.165, 1.54) is 0 Å². The van der Waals surface area contributed by atoms with Gasteiger partial charge in [0.25, 0.3) is 0 Å². The van der Waals surface area contributed by atoms with Crippen LogP contribution in [0.4, 0.5) is 0 Å². The summed E-state index contributed by atoms with van der Waals surface area (Å²) >= 11 is 0. The Morgan fingerprint density at radius 1 is 1.22 bits per heavy atom. The highest BCUT2D eigenvalue weighted by Gasteiger charge is 2.19. The van der Waals surface area contributed by atoms with E-state index < -0.39 is 5.97 Å². The normalized spacial score (nSPS) is 11.7. The van der Waals surface area contributed by atoms with Crippen LogP contribution in [0, 0.1) is 0 Å². The highest BCUT2D eigenvalue weighted by Crippen LogP contribution is 2.22. The molecule has 0 saturated carbocycles. The van der Waals surface area contributed by atoms with E-state index in [9.17, 15) is 4.79 Å². The molecule has 0 saturated heterocycles. The van der Waals surface area contributed by atoms with Crippen LogP contribution < -0.4 is 0 Å². The molecular weight excluding hydrogens is 276 g/mol. The zero-order valence-corrected chi connectivity index (χ0v) is 12.7. The second kappa shape index (κ2) is 12.9. The number of rotatable bonds is 8. The molecule has 0 heterocycles. The van der Waals surface area contributed by atoms with Gasteiger partial charge in [0.05, 0.1) is 0 Å². The molecule has 106 valence electrons. The van der Waals surface area contributed by atoms with Crippen LogP contribution >= 0.6 is 21.6 Å². The van der Waals surface area contributed by atoms with E-state index in [1.807, 2.05) is 14.1 Å². The van der Waals surface area contributed by atoms with Gasteiger partial charge in [0.1, 0.15) is 6.04 Å². The van der Waals surface area contributed by atoms with Crippen LogP contribution in [0.3, 0.4) is 0 Å². The van der Waals surface area contributed by atoms with Crippen molar-refractivity contribution < 1.29 is 19.5 Å². The average Bonchev–Trinajstić information content (AvgIpc) is 2.22. The lowest BCUT2D eigenvalue weighted by atomic mass is 10.3. The van der Waals surface area contributed by atoms with E-state index in [0.29, 0.717) is 5.75 Å². The van der Waals surface area contributed by atoms with Crippen molar-refractivity contribution in [3.05, 3.63) is 0 Å². The summed E-state index contributed by atoms with van der Waals surface area (Å²) in [4.78, 5) is 30.9. The lowest BCUT2D eigenvalue weighted by Gasteiger charge is -2.19. The maximum Gasteiger partial charge on any atom is 0.373 e. The van der Waals surface area contributed by atoms with Crippen molar-refractivity contribution in [3.8, 4) is 0 Å². The number of carbonyl (C=O) groups excluding carboxylic acids is 2. The molecule has 0 aliphatic rings. The van der Waals surface area contributed by atoms with Gasteiger partial charge in [-0.1, -0.05) is 21.6 Å². The van der Waals surface area contributed by atoms with E-state index in [1.54, 1.807) is 40.6 Å². The summed E-state index contributed by atoms with van der Waals surface area (Å²) in [5.41, 5.74) is 0. The van der Waals surface area contributed by atoms with Gasteiger partial charge in [0.15, 0.2) is 0 Å². The van der Waals surface area contributed by atoms with Crippen molar-refractivity contribution in [2.24, 2.45) is 0 Å². The minimum atomic E-state index is -0.749. The molecule has 0 aromatic carbocycles. The molecule has 1 atom stereocenters. The predicted octanol–water partition coefficient (Wildman–Crippen LogP) is 0.361. The van der Waals surface area contributed by atoms with Crippen molar-refractivity contribution in [2.45, 2.75) is 6.04 Å². The van der Waals surface area contributed by atoms with Gasteiger partial charge in [-0.2, -0.15) is 9.59 Å². The summed E-state index contributed by atoms with van der Waals surface area (Å²) in [5, 5.41) is 8.92. The summed E-state index contributed by atoms with van der Waals surface area (Å²) in [6.07, 6.45) is 0.250. The first kappa shape index (κ1) is 19.8. The molecule has 8 heteroatoms. The van der Waals surface area contributed by atoms with Gasteiger partial charge >= 0.3 is 12.1 Å². The maximum absolute atomic E-state index is 10.8. The van der Waals surface area contributed by atoms with Gasteiger partial charge in [-0.05, 0) is 28.2 Å². The topological polar surface area (TPSA) is 77.9 Å². The fourth-order valence-electron chi connectivity index (χ4n) is 0.833. The lowest BCUT2D eigenvalue weighted by molar-refractivity contribution is -0.191. The maximum atomic E-state index is 10.8. The third-order valence-electron chi connectivity index (χ3n) is 1.84. The smallest absolute Gasteiger partial charge is 0.373 e. The van der Waals surface area contributed by atoms with Crippen LogP contribution in [0.25, 0.3) is 0 Å². The van der Waals surface area contributed by atoms with Crippen molar-refractivity contribution in [2.75, 3.05) is 46.2 Å². The van der Waals surface area contributed by atoms with Crippen LogP contribution in [0.15, 0.2) is 0 Å². The Bertz CT molecular complexity index is 256. The van der Waals surface area contributed by atoms with Gasteiger partial charge in [-0.3, -0.25) is 9.69 Å². The van der Waals surface area contributed by atoms with Crippen LogP contribution in [0.5, 0.6) is 0 Å². The van der Waals surface area contributed by atoms with Crippen LogP contribution in [-0.2, 0) is 14.4 Å². The summed E-state index contributed by atoms with van der Waals surface area (Å²) in [7, 11) is 11.0. The van der Waals surface area contributed by atoms with Gasteiger partial charge in [0.2, 0.25) is 0 Å². The van der Waals surface area contributed by atoms with E-state index >= 15 is 0 Å². The summed E-state index contributed by atoms with van der Waals surface area (Å²) in [6.45, 7) is 1.03. The van der Waals surface area contributed by atoms with Gasteiger partial charge in [-0.15, -0.1) is 0 Å². The van der Waals surface area contributed by atoms with Crippen LogP contribution in [0.1, 0.15) is 0 Å². The largest absolute Gasteiger partial charge is 0.480 e. The predicted molar refractivity (Wildman–Crippen MR) is 73.6 cm³/mol. The Kier molecular flexibility index (Phi) is 14.2. The highest BCUT2D eigenvalue weighted by atomic mass is 33.1. The number of carbonyl (C=O) groups is 1. The minimum absolute atomic E-state index is 0.250. The number of nitrogens with zero attached hydrogens (tertiary/aromatic N) is 2. The number of carboxylic acids is 1. The SMILES string of the molecule is CN(C)CCSSC[C@@H](C(=O)O)N(C)C.O=C=O. The van der Waals surface area contributed by atoms with Gasteiger partial charge in [0, 0.05) is 18.1 Å². The molecular formula is C10H20N2O4S2. The quantitative estimate of drug-likeness (QED) is 0.508. The fourth-order valence-corrected chi connectivity index (χ4v) is 3.31. The summed E-state index contributed by atoms with van der Waals surface area (Å²) < 4.78 is 0. The average molecular weight is 296 g/mol. The number of hydrogen-bond acceptors (Lipinski definition) is 7. The monoisotopic (exact) mass is 296 g/mol.